The topological polar surface area (TPSA) is 173 Å². The van der Waals surface area contributed by atoms with E-state index in [9.17, 15) is 40.5 Å². The normalized spacial score (nSPS) is 16.0. The van der Waals surface area contributed by atoms with E-state index >= 15 is 26.3 Å². The van der Waals surface area contributed by atoms with Crippen LogP contribution in [0.1, 0.15) is 11.1 Å². The van der Waals surface area contributed by atoms with Crippen LogP contribution in [0.3, 0.4) is 0 Å². The largest absolute Gasteiger partial charge is 0.380 e. The molecule has 0 saturated heterocycles. The predicted molar refractivity (Wildman–Crippen MR) is 190 cm³/mol. The highest BCUT2D eigenvalue weighted by Crippen LogP contribution is 2.68. The Bertz CT molecular complexity index is 2390. The first-order valence-corrected chi connectivity index (χ1v) is 18.9. The SMILES string of the molecule is O=[N+]([O-])c1ccc(-c2cc(C3=C(c4cc(-c5ccc([N+](=O)[O-])s5)sc4-c4ccc([N+](=O)[O-])s4)C(F)(F)C(F)(F)C3(F)F)c(-c3ccc([N+](=O)[O-])s3)s2)s1. The predicted octanol–water partition coefficient (Wildman–Crippen LogP) is 12.2. The standard InChI is InChI=1S/C29H10F6N4O8S6/c30-27(31)23(11-9-17(13-1-5-19(48-13)36(40)41)52-25(11)15-3-7-21(50-15)38(44)45)24(28(32,33)29(27,34)35)12-10-18(14-2-6-20(49-14)37(42)43)53-26(12)16-4-8-22(51-16)39(46)47/h1-10H. The average Bonchev–Trinajstić information content (AvgIpc) is 3.92. The summed E-state index contributed by atoms with van der Waals surface area (Å²) in [5.41, 5.74) is -5.42. The van der Waals surface area contributed by atoms with Gasteiger partial charge in [-0.15, -0.1) is 22.7 Å². The Kier molecular flexibility index (Phi) is 8.69. The van der Waals surface area contributed by atoms with Crippen molar-refractivity contribution in [3.63, 3.8) is 0 Å². The van der Waals surface area contributed by atoms with Crippen LogP contribution in [0.5, 0.6) is 0 Å². The summed E-state index contributed by atoms with van der Waals surface area (Å²) < 4.78 is 96.5. The first-order valence-electron chi connectivity index (χ1n) is 14.0. The molecule has 0 spiro atoms. The third-order valence-electron chi connectivity index (χ3n) is 7.69. The van der Waals surface area contributed by atoms with Crippen molar-refractivity contribution >= 4 is 99.2 Å². The van der Waals surface area contributed by atoms with Crippen molar-refractivity contribution in [1.29, 1.82) is 0 Å². The van der Waals surface area contributed by atoms with Crippen LogP contribution in [0.15, 0.2) is 60.7 Å². The van der Waals surface area contributed by atoms with Crippen molar-refractivity contribution in [1.82, 2.24) is 0 Å². The highest BCUT2D eigenvalue weighted by Gasteiger charge is 2.80. The number of nitro groups is 4. The molecule has 24 heteroatoms. The fourth-order valence-corrected chi connectivity index (χ4v) is 11.4. The number of hydrogen-bond donors (Lipinski definition) is 0. The molecule has 12 nitrogen and oxygen atoms in total. The molecule has 0 bridgehead atoms. The van der Waals surface area contributed by atoms with E-state index in [1.54, 1.807) is 0 Å². The van der Waals surface area contributed by atoms with Crippen molar-refractivity contribution in [3.05, 3.63) is 112 Å². The van der Waals surface area contributed by atoms with Gasteiger partial charge in [-0.05, 0) is 36.4 Å². The molecule has 0 N–H and O–H groups in total. The molecule has 0 aliphatic heterocycles. The molecule has 6 aromatic rings. The number of hydrogen-bond acceptors (Lipinski definition) is 14. The summed E-state index contributed by atoms with van der Waals surface area (Å²) in [5.74, 6) is -17.3. The summed E-state index contributed by atoms with van der Waals surface area (Å²) in [6.45, 7) is 0. The van der Waals surface area contributed by atoms with Crippen LogP contribution in [0.4, 0.5) is 46.3 Å². The molecule has 0 saturated carbocycles. The lowest BCUT2D eigenvalue weighted by atomic mass is 9.94. The lowest BCUT2D eigenvalue weighted by Crippen LogP contribution is -2.48. The molecule has 0 radical (unpaired) electrons. The van der Waals surface area contributed by atoms with Crippen LogP contribution >= 0.6 is 68.0 Å². The Morgan fingerprint density at radius 2 is 0.698 bits per heavy atom. The molecule has 0 aromatic carbocycles. The van der Waals surface area contributed by atoms with Gasteiger partial charge in [-0.25, -0.2) is 0 Å². The summed E-state index contributed by atoms with van der Waals surface area (Å²) in [6, 6.07) is 10.6. The first kappa shape index (κ1) is 36.5. The van der Waals surface area contributed by atoms with Gasteiger partial charge in [0.25, 0.3) is 0 Å². The van der Waals surface area contributed by atoms with Gasteiger partial charge >= 0.3 is 37.8 Å². The van der Waals surface area contributed by atoms with E-state index in [0.29, 0.717) is 68.0 Å². The number of allylic oxidation sites excluding steroid dienone is 2. The average molecular weight is 849 g/mol. The fourth-order valence-electron chi connectivity index (χ4n) is 5.41. The van der Waals surface area contributed by atoms with Crippen molar-refractivity contribution in [2.75, 3.05) is 0 Å². The van der Waals surface area contributed by atoms with Gasteiger partial charge in [0, 0.05) is 56.3 Å². The van der Waals surface area contributed by atoms with Crippen LogP contribution in [0.25, 0.3) is 50.2 Å². The zero-order valence-corrected chi connectivity index (χ0v) is 29.9. The van der Waals surface area contributed by atoms with Gasteiger partial charge in [0.05, 0.1) is 49.0 Å². The van der Waals surface area contributed by atoms with Crippen molar-refractivity contribution < 1.29 is 46.0 Å². The quantitative estimate of drug-likeness (QED) is 0.0744. The van der Waals surface area contributed by atoms with Gasteiger partial charge in [-0.1, -0.05) is 45.3 Å². The van der Waals surface area contributed by atoms with Gasteiger partial charge in [0.2, 0.25) is 0 Å². The van der Waals surface area contributed by atoms with Crippen molar-refractivity contribution in [2.45, 2.75) is 17.8 Å². The molecule has 53 heavy (non-hydrogen) atoms. The summed E-state index contributed by atoms with van der Waals surface area (Å²) in [6.07, 6.45) is 0. The first-order chi connectivity index (χ1) is 24.8. The van der Waals surface area contributed by atoms with E-state index < -0.39 is 69.7 Å². The molecule has 272 valence electrons. The number of rotatable bonds is 10. The Hall–Kier alpha value is -4.88. The number of nitrogens with zero attached hydrogens (tertiary/aromatic N) is 4. The van der Waals surface area contributed by atoms with E-state index in [1.807, 2.05) is 0 Å². The van der Waals surface area contributed by atoms with Crippen molar-refractivity contribution in [2.24, 2.45) is 0 Å². The van der Waals surface area contributed by atoms with Gasteiger partial charge in [-0.3, -0.25) is 40.5 Å². The van der Waals surface area contributed by atoms with Crippen LogP contribution in [-0.2, 0) is 0 Å². The van der Waals surface area contributed by atoms with Crippen LogP contribution in [0, 0.1) is 40.5 Å². The van der Waals surface area contributed by atoms with Crippen molar-refractivity contribution in [3.8, 4) is 39.0 Å². The Morgan fingerprint density at radius 3 is 0.981 bits per heavy atom. The molecule has 0 atom stereocenters. The molecule has 1 aliphatic carbocycles. The van der Waals surface area contributed by atoms with Gasteiger partial charge < -0.3 is 0 Å². The maximum absolute atomic E-state index is 16.3. The summed E-state index contributed by atoms with van der Waals surface area (Å²) in [7, 11) is 0. The second kappa shape index (κ2) is 12.6. The minimum Gasteiger partial charge on any atom is -0.258 e. The molecule has 0 amide bonds. The second-order valence-electron chi connectivity index (χ2n) is 10.8. The lowest BCUT2D eigenvalue weighted by molar-refractivity contribution is -0.380. The third-order valence-corrected chi connectivity index (χ3v) is 14.9. The van der Waals surface area contributed by atoms with Gasteiger partial charge in [-0.2, -0.15) is 26.3 Å². The Balaban J connectivity index is 1.57. The number of alkyl halides is 6. The number of halogens is 6. The third kappa shape index (κ3) is 5.75. The zero-order chi connectivity index (χ0) is 38.4. The second-order valence-corrected chi connectivity index (χ2v) is 17.1. The number of thiophene rings is 6. The van der Waals surface area contributed by atoms with Crippen LogP contribution in [-0.4, -0.2) is 37.5 Å². The molecule has 1 aliphatic rings. The molecule has 6 aromatic heterocycles. The Morgan fingerprint density at radius 1 is 0.415 bits per heavy atom. The van der Waals surface area contributed by atoms with Gasteiger partial charge in [0.1, 0.15) is 0 Å². The summed E-state index contributed by atoms with van der Waals surface area (Å²) >= 11 is 3.25. The fraction of sp³-hybridized carbons (Fsp3) is 0.103. The monoisotopic (exact) mass is 848 g/mol. The molecule has 7 rings (SSSR count). The summed E-state index contributed by atoms with van der Waals surface area (Å²) in [4.78, 5) is 41.8. The van der Waals surface area contributed by atoms with E-state index in [1.165, 1.54) is 12.1 Å². The molecule has 0 unspecified atom stereocenters. The van der Waals surface area contributed by atoms with E-state index in [0.717, 1.165) is 48.5 Å². The maximum Gasteiger partial charge on any atom is 0.380 e. The smallest absolute Gasteiger partial charge is 0.258 e. The van der Waals surface area contributed by atoms with Crippen LogP contribution in [0.2, 0.25) is 0 Å². The minimum absolute atomic E-state index is 0.0451. The van der Waals surface area contributed by atoms with Crippen LogP contribution < -0.4 is 0 Å². The molecule has 0 fully saturated rings. The zero-order valence-electron chi connectivity index (χ0n) is 25.0. The van der Waals surface area contributed by atoms with E-state index in [-0.39, 0.29) is 49.0 Å². The van der Waals surface area contributed by atoms with E-state index in [4.69, 9.17) is 0 Å². The highest BCUT2D eigenvalue weighted by molar-refractivity contribution is 7.29. The molecular formula is C29H10F6N4O8S6. The highest BCUT2D eigenvalue weighted by atomic mass is 32.1. The lowest BCUT2D eigenvalue weighted by Gasteiger charge is -2.25. The maximum atomic E-state index is 16.3. The molecular weight excluding hydrogens is 839 g/mol. The Labute approximate surface area is 312 Å². The van der Waals surface area contributed by atoms with Gasteiger partial charge in [0.15, 0.2) is 0 Å². The summed E-state index contributed by atoms with van der Waals surface area (Å²) in [5, 5.41) is 44.0. The minimum atomic E-state index is -6.07. The molecule has 6 heterocycles. The van der Waals surface area contributed by atoms with E-state index in [2.05, 4.69) is 0 Å².